The molecule has 0 aromatic carbocycles. The van der Waals surface area contributed by atoms with Crippen LogP contribution in [0.5, 0.6) is 5.95 Å². The van der Waals surface area contributed by atoms with Crippen LogP contribution in [0.3, 0.4) is 0 Å². The van der Waals surface area contributed by atoms with Crippen molar-refractivity contribution in [1.29, 1.82) is 0 Å². The first kappa shape index (κ1) is 9.58. The van der Waals surface area contributed by atoms with Crippen molar-refractivity contribution >= 4 is 5.97 Å². The van der Waals surface area contributed by atoms with Crippen molar-refractivity contribution in [2.75, 3.05) is 0 Å². The van der Waals surface area contributed by atoms with Gasteiger partial charge in [0.1, 0.15) is 0 Å². The van der Waals surface area contributed by atoms with Crippen LogP contribution in [0.2, 0.25) is 0 Å². The molecule has 0 fully saturated rings. The second-order valence-electron chi connectivity index (χ2n) is 2.61. The van der Waals surface area contributed by atoms with Gasteiger partial charge in [0.2, 0.25) is 0 Å². The third kappa shape index (κ3) is 2.47. The highest BCUT2D eigenvalue weighted by molar-refractivity contribution is 5.83. The summed E-state index contributed by atoms with van der Waals surface area (Å²) >= 11 is 0. The molecule has 0 aliphatic heterocycles. The Hall–Kier alpha value is -1.51. The maximum Gasteiger partial charge on any atom is 0.337 e. The van der Waals surface area contributed by atoms with Gasteiger partial charge in [0.05, 0.1) is 6.26 Å². The molecule has 0 amide bonds. The summed E-state index contributed by atoms with van der Waals surface area (Å²) in [7, 11) is 0. The molecule has 13 heavy (non-hydrogen) atoms. The van der Waals surface area contributed by atoms with Gasteiger partial charge in [0, 0.05) is 11.6 Å². The summed E-state index contributed by atoms with van der Waals surface area (Å²) < 4.78 is 9.86. The molecule has 0 spiro atoms. The lowest BCUT2D eigenvalue weighted by Crippen LogP contribution is -2.03. The summed E-state index contributed by atoms with van der Waals surface area (Å²) in [6.07, 6.45) is 4.45. The van der Waals surface area contributed by atoms with E-state index in [1.54, 1.807) is 6.07 Å². The molecule has 0 N–H and O–H groups in total. The van der Waals surface area contributed by atoms with Gasteiger partial charge in [-0.05, 0) is 12.5 Å². The minimum Gasteiger partial charge on any atom is -0.434 e. The summed E-state index contributed by atoms with van der Waals surface area (Å²) in [5.41, 5.74) is 0.915. The quantitative estimate of drug-likeness (QED) is 0.527. The fraction of sp³-hybridized carbons (Fsp3) is 0.300. The molecule has 0 bridgehead atoms. The van der Waals surface area contributed by atoms with Crippen LogP contribution in [0.15, 0.2) is 29.4 Å². The zero-order valence-electron chi connectivity index (χ0n) is 7.58. The van der Waals surface area contributed by atoms with Crippen molar-refractivity contribution in [1.82, 2.24) is 0 Å². The van der Waals surface area contributed by atoms with Crippen LogP contribution < -0.4 is 4.74 Å². The maximum atomic E-state index is 10.8. The number of carbonyl (C=O) groups excluding carboxylic acids is 1. The number of carbonyl (C=O) groups is 1. The first-order chi connectivity index (χ1) is 6.27. The lowest BCUT2D eigenvalue weighted by atomic mass is 10.2. The number of furan rings is 1. The third-order valence-electron chi connectivity index (χ3n) is 1.59. The van der Waals surface area contributed by atoms with Crippen LogP contribution in [0, 0.1) is 0 Å². The molecule has 0 radical (unpaired) electrons. The van der Waals surface area contributed by atoms with Crippen LogP contribution in [-0.4, -0.2) is 5.97 Å². The second kappa shape index (κ2) is 4.50. The Balaban J connectivity index is 2.69. The minimum atomic E-state index is -0.493. The first-order valence-corrected chi connectivity index (χ1v) is 4.18. The summed E-state index contributed by atoms with van der Waals surface area (Å²) in [6, 6.07) is 1.80. The molecule has 3 nitrogen and oxygen atoms in total. The smallest absolute Gasteiger partial charge is 0.337 e. The van der Waals surface area contributed by atoms with Crippen LogP contribution >= 0.6 is 0 Å². The molecule has 0 atom stereocenters. The van der Waals surface area contributed by atoms with E-state index < -0.39 is 5.97 Å². The Bertz CT molecular complexity index is 299. The zero-order chi connectivity index (χ0) is 9.68. The molecule has 1 heterocycles. The summed E-state index contributed by atoms with van der Waals surface area (Å²) in [6.45, 7) is 5.35. The van der Waals surface area contributed by atoms with Crippen LogP contribution in [0.25, 0.3) is 0 Å². The topological polar surface area (TPSA) is 39.4 Å². The summed E-state index contributed by atoms with van der Waals surface area (Å²) in [5.74, 6) is -0.209. The maximum absolute atomic E-state index is 10.8. The second-order valence-corrected chi connectivity index (χ2v) is 2.61. The third-order valence-corrected chi connectivity index (χ3v) is 1.59. The fourth-order valence-corrected chi connectivity index (χ4v) is 0.999. The van der Waals surface area contributed by atoms with Crippen molar-refractivity contribution in [3.63, 3.8) is 0 Å². The molecule has 0 aliphatic rings. The molecule has 0 saturated carbocycles. The largest absolute Gasteiger partial charge is 0.434 e. The van der Waals surface area contributed by atoms with Gasteiger partial charge >= 0.3 is 5.97 Å². The highest BCUT2D eigenvalue weighted by Gasteiger charge is 2.09. The van der Waals surface area contributed by atoms with E-state index in [1.807, 2.05) is 6.92 Å². The molecule has 70 valence electrons. The van der Waals surface area contributed by atoms with Gasteiger partial charge in [-0.15, -0.1) is 0 Å². The van der Waals surface area contributed by atoms with Crippen molar-refractivity contribution < 1.29 is 13.9 Å². The van der Waals surface area contributed by atoms with Gasteiger partial charge in [0.25, 0.3) is 5.95 Å². The van der Waals surface area contributed by atoms with Crippen molar-refractivity contribution in [2.45, 2.75) is 19.8 Å². The lowest BCUT2D eigenvalue weighted by molar-refractivity contribution is -0.130. The van der Waals surface area contributed by atoms with Gasteiger partial charge in [-0.3, -0.25) is 0 Å². The molecular weight excluding hydrogens is 168 g/mol. The van der Waals surface area contributed by atoms with E-state index in [4.69, 9.17) is 9.15 Å². The van der Waals surface area contributed by atoms with Gasteiger partial charge < -0.3 is 9.15 Å². The highest BCUT2D eigenvalue weighted by atomic mass is 16.6. The molecule has 0 saturated heterocycles. The van der Waals surface area contributed by atoms with Gasteiger partial charge in [-0.1, -0.05) is 19.9 Å². The Morgan fingerprint density at radius 2 is 2.54 bits per heavy atom. The molecule has 1 aromatic heterocycles. The standard InChI is InChI=1S/C10H12O3/c1-3-5-8-6-7-12-10(8)13-9(11)4-2/h4,6-7H,2-3,5H2,1H3. The van der Waals surface area contributed by atoms with Gasteiger partial charge in [-0.25, -0.2) is 4.79 Å². The SMILES string of the molecule is C=CC(=O)Oc1occc1CCC. The first-order valence-electron chi connectivity index (χ1n) is 4.18. The van der Waals surface area contributed by atoms with E-state index in [0.29, 0.717) is 0 Å². The number of hydrogen-bond donors (Lipinski definition) is 0. The predicted molar refractivity (Wildman–Crippen MR) is 48.5 cm³/mol. The van der Waals surface area contributed by atoms with E-state index in [9.17, 15) is 4.79 Å². The fourth-order valence-electron chi connectivity index (χ4n) is 0.999. The van der Waals surface area contributed by atoms with Crippen molar-refractivity contribution in [3.05, 3.63) is 30.5 Å². The lowest BCUT2D eigenvalue weighted by Gasteiger charge is -1.99. The average molecular weight is 180 g/mol. The monoisotopic (exact) mass is 180 g/mol. The number of ether oxygens (including phenoxy) is 1. The normalized spacial score (nSPS) is 9.62. The summed E-state index contributed by atoms with van der Waals surface area (Å²) in [5, 5.41) is 0. The predicted octanol–water partition coefficient (Wildman–Crippen LogP) is 2.32. The van der Waals surface area contributed by atoms with E-state index in [2.05, 4.69) is 6.58 Å². The van der Waals surface area contributed by atoms with E-state index >= 15 is 0 Å². The molecule has 1 aromatic rings. The number of esters is 1. The minimum absolute atomic E-state index is 0.284. The Morgan fingerprint density at radius 1 is 1.77 bits per heavy atom. The number of rotatable bonds is 4. The van der Waals surface area contributed by atoms with Crippen LogP contribution in [0.1, 0.15) is 18.9 Å². The van der Waals surface area contributed by atoms with E-state index in [0.717, 1.165) is 24.5 Å². The molecule has 0 aliphatic carbocycles. The Morgan fingerprint density at radius 3 is 3.15 bits per heavy atom. The van der Waals surface area contributed by atoms with Gasteiger partial charge in [0.15, 0.2) is 0 Å². The zero-order valence-corrected chi connectivity index (χ0v) is 7.58. The Labute approximate surface area is 77.0 Å². The van der Waals surface area contributed by atoms with Crippen molar-refractivity contribution in [2.24, 2.45) is 0 Å². The van der Waals surface area contributed by atoms with E-state index in [-0.39, 0.29) is 5.95 Å². The van der Waals surface area contributed by atoms with E-state index in [1.165, 1.54) is 6.26 Å². The van der Waals surface area contributed by atoms with Crippen molar-refractivity contribution in [3.8, 4) is 5.95 Å². The molecule has 3 heteroatoms. The average Bonchev–Trinajstić information content (AvgIpc) is 2.54. The van der Waals surface area contributed by atoms with Crippen LogP contribution in [0.4, 0.5) is 0 Å². The number of aryl methyl sites for hydroxylation is 1. The number of hydrogen-bond acceptors (Lipinski definition) is 3. The van der Waals surface area contributed by atoms with Crippen LogP contribution in [-0.2, 0) is 11.2 Å². The molecular formula is C10H12O3. The highest BCUT2D eigenvalue weighted by Crippen LogP contribution is 2.21. The molecule has 0 unspecified atom stereocenters. The van der Waals surface area contributed by atoms with Gasteiger partial charge in [-0.2, -0.15) is 0 Å². The Kier molecular flexibility index (Phi) is 3.31. The summed E-state index contributed by atoms with van der Waals surface area (Å²) in [4.78, 5) is 10.8. The molecule has 1 rings (SSSR count).